The van der Waals surface area contributed by atoms with E-state index in [2.05, 4.69) is 5.32 Å². The van der Waals surface area contributed by atoms with E-state index in [0.29, 0.717) is 0 Å². The summed E-state index contributed by atoms with van der Waals surface area (Å²) in [5.41, 5.74) is 4.03. The second-order valence-corrected chi connectivity index (χ2v) is 4.55. The molecule has 0 spiro atoms. The predicted octanol–water partition coefficient (Wildman–Crippen LogP) is 0.844. The van der Waals surface area contributed by atoms with Crippen LogP contribution in [-0.2, 0) is 15.0 Å². The maximum atomic E-state index is 13.6. The molecule has 3 N–H and O–H groups in total. The molecule has 0 atom stereocenters. The van der Waals surface area contributed by atoms with Crippen LogP contribution in [0.2, 0.25) is 0 Å². The van der Waals surface area contributed by atoms with Crippen molar-refractivity contribution in [3.63, 3.8) is 0 Å². The first-order valence-electron chi connectivity index (χ1n) is 5.27. The van der Waals surface area contributed by atoms with Gasteiger partial charge in [-0.2, -0.15) is 0 Å². The van der Waals surface area contributed by atoms with Gasteiger partial charge in [-0.05, 0) is 23.8 Å². The quantitative estimate of drug-likeness (QED) is 0.787. The summed E-state index contributed by atoms with van der Waals surface area (Å²) in [5.74, 6) is -3.22. The Bertz CT molecular complexity index is 487. The Balaban J connectivity index is 2.89. The Morgan fingerprint density at radius 3 is 2.50 bits per heavy atom. The molecule has 0 aliphatic rings. The van der Waals surface area contributed by atoms with Crippen LogP contribution in [0, 0.1) is 11.6 Å². The molecule has 0 radical (unpaired) electrons. The summed E-state index contributed by atoms with van der Waals surface area (Å²) in [6, 6.07) is 3.09. The molecule has 0 aromatic heterocycles. The van der Waals surface area contributed by atoms with Crippen molar-refractivity contribution in [2.24, 2.45) is 5.73 Å². The molecule has 0 unspecified atom stereocenters. The van der Waals surface area contributed by atoms with Gasteiger partial charge >= 0.3 is 11.8 Å². The van der Waals surface area contributed by atoms with E-state index in [0.717, 1.165) is 18.2 Å². The maximum Gasteiger partial charge on any atom is 0.309 e. The normalized spacial score (nSPS) is 11.1. The summed E-state index contributed by atoms with van der Waals surface area (Å²) >= 11 is 0. The van der Waals surface area contributed by atoms with E-state index in [9.17, 15) is 18.4 Å². The fourth-order valence-corrected chi connectivity index (χ4v) is 1.50. The summed E-state index contributed by atoms with van der Waals surface area (Å²) in [6.45, 7) is 3.20. The highest BCUT2D eigenvalue weighted by Gasteiger charge is 2.26. The molecule has 0 fully saturated rings. The van der Waals surface area contributed by atoms with Gasteiger partial charge in [-0.3, -0.25) is 9.59 Å². The van der Waals surface area contributed by atoms with Crippen molar-refractivity contribution in [3.8, 4) is 0 Å². The summed E-state index contributed by atoms with van der Waals surface area (Å²) in [7, 11) is 0. The second-order valence-electron chi connectivity index (χ2n) is 4.55. The molecule has 0 aliphatic heterocycles. The number of amides is 2. The summed E-state index contributed by atoms with van der Waals surface area (Å²) in [4.78, 5) is 21.6. The van der Waals surface area contributed by atoms with Gasteiger partial charge in [0.05, 0.1) is 0 Å². The van der Waals surface area contributed by atoms with Crippen LogP contribution < -0.4 is 11.1 Å². The summed E-state index contributed by atoms with van der Waals surface area (Å²) in [5, 5.41) is 2.26. The van der Waals surface area contributed by atoms with Crippen LogP contribution in [0.1, 0.15) is 19.4 Å². The van der Waals surface area contributed by atoms with Gasteiger partial charge in [0.1, 0.15) is 11.6 Å². The van der Waals surface area contributed by atoms with Crippen molar-refractivity contribution in [1.29, 1.82) is 0 Å². The van der Waals surface area contributed by atoms with Gasteiger partial charge < -0.3 is 11.1 Å². The van der Waals surface area contributed by atoms with E-state index in [1.165, 1.54) is 0 Å². The van der Waals surface area contributed by atoms with Gasteiger partial charge in [-0.25, -0.2) is 8.78 Å². The third-order valence-corrected chi connectivity index (χ3v) is 2.57. The molecular formula is C12H14F2N2O2. The Hall–Kier alpha value is -1.98. The fraction of sp³-hybridized carbons (Fsp3) is 0.333. The number of nitrogens with one attached hydrogen (secondary N) is 1. The molecule has 98 valence electrons. The van der Waals surface area contributed by atoms with Gasteiger partial charge in [-0.1, -0.05) is 13.8 Å². The predicted molar refractivity (Wildman–Crippen MR) is 61.6 cm³/mol. The average Bonchev–Trinajstić information content (AvgIpc) is 2.29. The van der Waals surface area contributed by atoms with Gasteiger partial charge in [0.15, 0.2) is 0 Å². The van der Waals surface area contributed by atoms with Crippen LogP contribution in [0.15, 0.2) is 18.2 Å². The van der Waals surface area contributed by atoms with Crippen molar-refractivity contribution in [3.05, 3.63) is 35.4 Å². The van der Waals surface area contributed by atoms with E-state index < -0.39 is 28.9 Å². The van der Waals surface area contributed by atoms with Crippen LogP contribution in [0.3, 0.4) is 0 Å². The molecule has 0 saturated heterocycles. The van der Waals surface area contributed by atoms with Crippen LogP contribution in [0.4, 0.5) is 8.78 Å². The average molecular weight is 256 g/mol. The first-order chi connectivity index (χ1) is 8.24. The summed E-state index contributed by atoms with van der Waals surface area (Å²) < 4.78 is 26.7. The van der Waals surface area contributed by atoms with Gasteiger partial charge in [-0.15, -0.1) is 0 Å². The molecule has 6 heteroatoms. The Labute approximate surface area is 103 Å². The highest BCUT2D eigenvalue weighted by molar-refractivity contribution is 6.34. The number of hydrogen-bond donors (Lipinski definition) is 2. The highest BCUT2D eigenvalue weighted by atomic mass is 19.1. The lowest BCUT2D eigenvalue weighted by Gasteiger charge is -2.25. The van der Waals surface area contributed by atoms with E-state index in [1.54, 1.807) is 13.8 Å². The number of halogens is 2. The third kappa shape index (κ3) is 3.26. The number of rotatable bonds is 3. The minimum absolute atomic E-state index is 0.0326. The van der Waals surface area contributed by atoms with Crippen LogP contribution in [0.25, 0.3) is 0 Å². The molecular weight excluding hydrogens is 242 g/mol. The van der Waals surface area contributed by atoms with Gasteiger partial charge in [0, 0.05) is 12.0 Å². The zero-order chi connectivity index (χ0) is 13.9. The number of hydrogen-bond acceptors (Lipinski definition) is 2. The first kappa shape index (κ1) is 14.1. The van der Waals surface area contributed by atoms with Crippen LogP contribution in [0.5, 0.6) is 0 Å². The van der Waals surface area contributed by atoms with Crippen molar-refractivity contribution >= 4 is 11.8 Å². The van der Waals surface area contributed by atoms with Gasteiger partial charge in [0.25, 0.3) is 0 Å². The van der Waals surface area contributed by atoms with Crippen LogP contribution >= 0.6 is 0 Å². The van der Waals surface area contributed by atoms with E-state index in [1.807, 2.05) is 0 Å². The minimum Gasteiger partial charge on any atom is -0.361 e. The number of carbonyl (C=O) groups excluding carboxylic acids is 2. The lowest BCUT2D eigenvalue weighted by atomic mass is 9.84. The highest BCUT2D eigenvalue weighted by Crippen LogP contribution is 2.25. The fourth-order valence-electron chi connectivity index (χ4n) is 1.50. The molecule has 0 aliphatic carbocycles. The second kappa shape index (κ2) is 5.12. The SMILES string of the molecule is CC(C)(CNC(=O)C(N)=O)c1cc(F)ccc1F. The molecule has 4 nitrogen and oxygen atoms in total. The molecule has 0 saturated carbocycles. The molecule has 0 bridgehead atoms. The first-order valence-corrected chi connectivity index (χ1v) is 5.27. The Morgan fingerprint density at radius 2 is 1.94 bits per heavy atom. The zero-order valence-corrected chi connectivity index (χ0v) is 10.1. The molecule has 1 aromatic rings. The van der Waals surface area contributed by atoms with Crippen molar-refractivity contribution in [1.82, 2.24) is 5.32 Å². The summed E-state index contributed by atoms with van der Waals surface area (Å²) in [6.07, 6.45) is 0. The van der Waals surface area contributed by atoms with E-state index in [4.69, 9.17) is 5.73 Å². The topological polar surface area (TPSA) is 72.2 Å². The Kier molecular flexibility index (Phi) is 4.00. The molecule has 2 amide bonds. The Morgan fingerprint density at radius 1 is 1.33 bits per heavy atom. The third-order valence-electron chi connectivity index (χ3n) is 2.57. The van der Waals surface area contributed by atoms with E-state index in [-0.39, 0.29) is 12.1 Å². The van der Waals surface area contributed by atoms with Crippen LogP contribution in [-0.4, -0.2) is 18.4 Å². The number of benzene rings is 1. The standard InChI is InChI=1S/C12H14F2N2O2/c1-12(2,6-16-11(18)10(15)17)8-5-7(13)3-4-9(8)14/h3-5H,6H2,1-2H3,(H2,15,17)(H,16,18). The monoisotopic (exact) mass is 256 g/mol. The minimum atomic E-state index is -1.12. The lowest BCUT2D eigenvalue weighted by molar-refractivity contribution is -0.137. The number of primary amides is 1. The molecule has 0 heterocycles. The molecule has 18 heavy (non-hydrogen) atoms. The lowest BCUT2D eigenvalue weighted by Crippen LogP contribution is -2.42. The number of nitrogens with two attached hydrogens (primary N) is 1. The number of carbonyl (C=O) groups is 2. The van der Waals surface area contributed by atoms with Crippen molar-refractivity contribution in [2.45, 2.75) is 19.3 Å². The molecule has 1 aromatic carbocycles. The van der Waals surface area contributed by atoms with Crippen molar-refractivity contribution < 1.29 is 18.4 Å². The van der Waals surface area contributed by atoms with Gasteiger partial charge in [0.2, 0.25) is 0 Å². The van der Waals surface area contributed by atoms with Crippen molar-refractivity contribution in [2.75, 3.05) is 6.54 Å². The zero-order valence-electron chi connectivity index (χ0n) is 10.1. The van der Waals surface area contributed by atoms with E-state index >= 15 is 0 Å². The molecule has 1 rings (SSSR count). The maximum absolute atomic E-state index is 13.6. The largest absolute Gasteiger partial charge is 0.361 e. The smallest absolute Gasteiger partial charge is 0.309 e.